The van der Waals surface area contributed by atoms with Gasteiger partial charge in [-0.15, -0.1) is 0 Å². The summed E-state index contributed by atoms with van der Waals surface area (Å²) in [4.78, 5) is 20.6. The van der Waals surface area contributed by atoms with Gasteiger partial charge in [0.1, 0.15) is 5.82 Å². The van der Waals surface area contributed by atoms with Crippen molar-refractivity contribution < 1.29 is 13.2 Å². The normalized spacial score (nSPS) is 21.4. The van der Waals surface area contributed by atoms with Gasteiger partial charge in [0, 0.05) is 51.4 Å². The first-order valence-corrected chi connectivity index (χ1v) is 11.3. The van der Waals surface area contributed by atoms with Crippen molar-refractivity contribution in [3.8, 4) is 0 Å². The molecule has 0 unspecified atom stereocenters. The second-order valence-electron chi connectivity index (χ2n) is 7.78. The molecule has 1 saturated heterocycles. The highest BCUT2D eigenvalue weighted by atomic mass is 32.2. The van der Waals surface area contributed by atoms with Crippen LogP contribution in [0.3, 0.4) is 0 Å². The third-order valence-electron chi connectivity index (χ3n) is 5.59. The van der Waals surface area contributed by atoms with Gasteiger partial charge in [-0.1, -0.05) is 18.9 Å². The van der Waals surface area contributed by atoms with E-state index in [2.05, 4.69) is 9.71 Å². The molecule has 0 spiro atoms. The number of carbonyl (C=O) groups excluding carboxylic acids is 1. The molecule has 0 bridgehead atoms. The zero-order chi connectivity index (χ0) is 19.4. The molecule has 0 aromatic carbocycles. The predicted molar refractivity (Wildman–Crippen MR) is 106 cm³/mol. The highest BCUT2D eigenvalue weighted by Gasteiger charge is 2.35. The Morgan fingerprint density at radius 3 is 2.70 bits per heavy atom. The largest absolute Gasteiger partial charge is 0.362 e. The Hall–Kier alpha value is -1.67. The Labute approximate surface area is 162 Å². The van der Waals surface area contributed by atoms with E-state index in [9.17, 15) is 13.2 Å². The molecule has 2 heterocycles. The predicted octanol–water partition coefficient (Wildman–Crippen LogP) is 1.75. The molecule has 0 radical (unpaired) electrons. The Kier molecular flexibility index (Phi) is 6.37. The van der Waals surface area contributed by atoms with Gasteiger partial charge in [-0.3, -0.25) is 4.79 Å². The number of likely N-dealkylation sites (tertiary alicyclic amines) is 1. The van der Waals surface area contributed by atoms with Crippen molar-refractivity contribution in [1.82, 2.24) is 14.6 Å². The topological polar surface area (TPSA) is 82.6 Å². The fraction of sp³-hybridized carbons (Fsp3) is 0.684. The fourth-order valence-corrected chi connectivity index (χ4v) is 5.54. The summed E-state index contributed by atoms with van der Waals surface area (Å²) >= 11 is 0. The molecular formula is C19H30N4O3S. The minimum absolute atomic E-state index is 0.0949. The van der Waals surface area contributed by atoms with E-state index in [1.807, 2.05) is 25.1 Å². The van der Waals surface area contributed by atoms with Gasteiger partial charge in [-0.05, 0) is 31.7 Å². The number of nitrogens with zero attached hydrogens (tertiary/aromatic N) is 3. The number of nitrogens with one attached hydrogen (secondary N) is 1. The first-order chi connectivity index (χ1) is 12.9. The number of anilines is 1. The van der Waals surface area contributed by atoms with Crippen LogP contribution in [-0.4, -0.2) is 56.6 Å². The van der Waals surface area contributed by atoms with E-state index in [-0.39, 0.29) is 18.4 Å². The van der Waals surface area contributed by atoms with Gasteiger partial charge in [-0.25, -0.2) is 18.1 Å². The van der Waals surface area contributed by atoms with Crippen LogP contribution in [0.4, 0.5) is 5.82 Å². The quantitative estimate of drug-likeness (QED) is 0.795. The zero-order valence-electron chi connectivity index (χ0n) is 16.2. The van der Waals surface area contributed by atoms with Crippen molar-refractivity contribution >= 4 is 21.7 Å². The zero-order valence-corrected chi connectivity index (χ0v) is 17.0. The van der Waals surface area contributed by atoms with E-state index in [0.29, 0.717) is 19.5 Å². The van der Waals surface area contributed by atoms with E-state index in [1.165, 1.54) is 0 Å². The smallest absolute Gasteiger partial charge is 0.225 e. The average Bonchev–Trinajstić information content (AvgIpc) is 3.21. The number of amides is 1. The van der Waals surface area contributed by atoms with Crippen LogP contribution in [0, 0.1) is 5.92 Å². The molecule has 1 aromatic rings. The van der Waals surface area contributed by atoms with Crippen LogP contribution in [0.2, 0.25) is 0 Å². The van der Waals surface area contributed by atoms with Crippen LogP contribution in [-0.2, 0) is 21.4 Å². The molecule has 2 fully saturated rings. The summed E-state index contributed by atoms with van der Waals surface area (Å²) in [6.07, 6.45) is 7.12. The standard InChI is InChI=1S/C19H30N4O3S/c1-22(2)18-16(9-5-11-20-18)13-21-27(25,26)17-10-6-12-23(14-17)19(24)15-7-3-4-8-15/h5,9,11,15,17,21H,3-4,6-8,10,12-14H2,1-2H3/t17-/m0/s1. The summed E-state index contributed by atoms with van der Waals surface area (Å²) in [5, 5.41) is -0.545. The maximum Gasteiger partial charge on any atom is 0.225 e. The Balaban J connectivity index is 1.63. The van der Waals surface area contributed by atoms with E-state index in [1.54, 1.807) is 17.2 Å². The first-order valence-electron chi connectivity index (χ1n) is 9.77. The molecule has 1 N–H and O–H groups in total. The molecule has 3 rings (SSSR count). The van der Waals surface area contributed by atoms with E-state index in [4.69, 9.17) is 0 Å². The van der Waals surface area contributed by atoms with Gasteiger partial charge >= 0.3 is 0 Å². The summed E-state index contributed by atoms with van der Waals surface area (Å²) in [6.45, 7) is 1.18. The summed E-state index contributed by atoms with van der Waals surface area (Å²) in [5.41, 5.74) is 0.834. The van der Waals surface area contributed by atoms with Crippen LogP contribution >= 0.6 is 0 Å². The highest BCUT2D eigenvalue weighted by Crippen LogP contribution is 2.28. The molecule has 8 heteroatoms. The lowest BCUT2D eigenvalue weighted by Crippen LogP contribution is -2.49. The summed E-state index contributed by atoms with van der Waals surface area (Å²) in [5.74, 6) is 0.994. The molecule has 150 valence electrons. The van der Waals surface area contributed by atoms with Gasteiger partial charge in [-0.2, -0.15) is 0 Å². The summed E-state index contributed by atoms with van der Waals surface area (Å²) in [6, 6.07) is 3.68. The molecule has 1 aliphatic carbocycles. The number of sulfonamides is 1. The first kappa shape index (κ1) is 20.1. The summed E-state index contributed by atoms with van der Waals surface area (Å²) in [7, 11) is 0.262. The number of hydrogen-bond donors (Lipinski definition) is 1. The second-order valence-corrected chi connectivity index (χ2v) is 9.82. The second kappa shape index (κ2) is 8.56. The van der Waals surface area contributed by atoms with Crippen molar-refractivity contribution in [2.24, 2.45) is 5.92 Å². The molecule has 27 heavy (non-hydrogen) atoms. The number of rotatable bonds is 6. The van der Waals surface area contributed by atoms with Gasteiger partial charge in [0.2, 0.25) is 15.9 Å². The molecule has 1 amide bonds. The molecule has 1 atom stereocenters. The van der Waals surface area contributed by atoms with Gasteiger partial charge in [0.25, 0.3) is 0 Å². The minimum Gasteiger partial charge on any atom is -0.362 e. The number of hydrogen-bond acceptors (Lipinski definition) is 5. The van der Waals surface area contributed by atoms with Crippen molar-refractivity contribution in [1.29, 1.82) is 0 Å². The third-order valence-corrected chi connectivity index (χ3v) is 7.40. The molecule has 2 aliphatic rings. The Morgan fingerprint density at radius 1 is 1.26 bits per heavy atom. The van der Waals surface area contributed by atoms with Gasteiger partial charge < -0.3 is 9.80 Å². The van der Waals surface area contributed by atoms with Crippen LogP contribution in [0.15, 0.2) is 18.3 Å². The lowest BCUT2D eigenvalue weighted by molar-refractivity contribution is -0.136. The van der Waals surface area contributed by atoms with E-state index in [0.717, 1.165) is 43.5 Å². The number of pyridine rings is 1. The van der Waals surface area contributed by atoms with Crippen LogP contribution in [0.25, 0.3) is 0 Å². The molecule has 1 aliphatic heterocycles. The number of piperidine rings is 1. The van der Waals surface area contributed by atoms with Crippen LogP contribution in [0.1, 0.15) is 44.1 Å². The van der Waals surface area contributed by atoms with Crippen LogP contribution < -0.4 is 9.62 Å². The lowest BCUT2D eigenvalue weighted by Gasteiger charge is -2.34. The Morgan fingerprint density at radius 2 is 2.00 bits per heavy atom. The molecule has 7 nitrogen and oxygen atoms in total. The van der Waals surface area contributed by atoms with Crippen molar-refractivity contribution in [3.05, 3.63) is 23.9 Å². The lowest BCUT2D eigenvalue weighted by atomic mass is 10.0. The number of carbonyl (C=O) groups is 1. The van der Waals surface area contributed by atoms with Crippen molar-refractivity contribution in [3.63, 3.8) is 0 Å². The average molecular weight is 395 g/mol. The third kappa shape index (κ3) is 4.79. The summed E-state index contributed by atoms with van der Waals surface area (Å²) < 4.78 is 28.4. The number of aromatic nitrogens is 1. The van der Waals surface area contributed by atoms with E-state index < -0.39 is 15.3 Å². The highest BCUT2D eigenvalue weighted by molar-refractivity contribution is 7.90. The minimum atomic E-state index is -3.50. The molecule has 1 saturated carbocycles. The van der Waals surface area contributed by atoms with Crippen molar-refractivity contribution in [2.45, 2.75) is 50.3 Å². The molecule has 1 aromatic heterocycles. The maximum absolute atomic E-state index is 12.8. The fourth-order valence-electron chi connectivity index (χ4n) is 4.09. The maximum atomic E-state index is 12.8. The van der Waals surface area contributed by atoms with Gasteiger partial charge in [0.05, 0.1) is 5.25 Å². The van der Waals surface area contributed by atoms with Crippen LogP contribution in [0.5, 0.6) is 0 Å². The van der Waals surface area contributed by atoms with Crippen molar-refractivity contribution in [2.75, 3.05) is 32.1 Å². The Bertz CT molecular complexity index is 760. The van der Waals surface area contributed by atoms with E-state index >= 15 is 0 Å². The van der Waals surface area contributed by atoms with Gasteiger partial charge in [0.15, 0.2) is 0 Å². The molecular weight excluding hydrogens is 364 g/mol. The SMILES string of the molecule is CN(C)c1ncccc1CNS(=O)(=O)[C@H]1CCCN(C(=O)C2CCCC2)C1. The monoisotopic (exact) mass is 394 g/mol.